The second-order valence-electron chi connectivity index (χ2n) is 6.12. The molecule has 0 heterocycles. The van der Waals surface area contributed by atoms with Gasteiger partial charge in [-0.05, 0) is 54.5 Å². The van der Waals surface area contributed by atoms with Gasteiger partial charge in [-0.3, -0.25) is 10.1 Å². The van der Waals surface area contributed by atoms with E-state index in [-0.39, 0.29) is 16.5 Å². The van der Waals surface area contributed by atoms with Gasteiger partial charge >= 0.3 is 0 Å². The Balaban J connectivity index is 1.91. The molecule has 5 heteroatoms. The summed E-state index contributed by atoms with van der Waals surface area (Å²) in [5.41, 5.74) is 9.29. The van der Waals surface area contributed by atoms with E-state index in [4.69, 9.17) is 17.3 Å². The molecule has 1 aliphatic rings. The molecule has 114 valence electrons. The van der Waals surface area contributed by atoms with Gasteiger partial charge in [-0.2, -0.15) is 0 Å². The fraction of sp³-hybridized carbons (Fsp3) is 0.294. The summed E-state index contributed by atoms with van der Waals surface area (Å²) in [6, 6.07) is 12.7. The van der Waals surface area contributed by atoms with Gasteiger partial charge < -0.3 is 5.73 Å². The molecule has 1 aliphatic carbocycles. The van der Waals surface area contributed by atoms with Crippen LogP contribution in [0.5, 0.6) is 0 Å². The van der Waals surface area contributed by atoms with Crippen LogP contribution >= 0.6 is 11.6 Å². The Morgan fingerprint density at radius 2 is 2.14 bits per heavy atom. The van der Waals surface area contributed by atoms with Crippen LogP contribution in [0.2, 0.25) is 5.02 Å². The van der Waals surface area contributed by atoms with Crippen molar-refractivity contribution in [3.8, 4) is 0 Å². The summed E-state index contributed by atoms with van der Waals surface area (Å²) >= 11 is 6.04. The molecule has 3 rings (SSSR count). The second-order valence-corrected chi connectivity index (χ2v) is 6.55. The molecule has 0 bridgehead atoms. The maximum atomic E-state index is 10.9. The summed E-state index contributed by atoms with van der Waals surface area (Å²) in [7, 11) is 0. The SMILES string of the molecule is CC1(N)c2ccc([N+](=O)[O-])cc2CC1Cc1cccc(Cl)c1. The largest absolute Gasteiger partial charge is 0.321 e. The average Bonchev–Trinajstić information content (AvgIpc) is 2.70. The monoisotopic (exact) mass is 316 g/mol. The molecule has 0 saturated carbocycles. The van der Waals surface area contributed by atoms with Crippen LogP contribution in [-0.4, -0.2) is 4.92 Å². The zero-order valence-electron chi connectivity index (χ0n) is 12.3. The van der Waals surface area contributed by atoms with Gasteiger partial charge in [-0.25, -0.2) is 0 Å². The van der Waals surface area contributed by atoms with Crippen LogP contribution in [0.4, 0.5) is 5.69 Å². The number of nitro groups is 1. The number of rotatable bonds is 3. The Labute approximate surface area is 134 Å². The quantitative estimate of drug-likeness (QED) is 0.691. The van der Waals surface area contributed by atoms with Crippen LogP contribution in [0, 0.1) is 16.0 Å². The second kappa shape index (κ2) is 5.38. The number of halogens is 1. The zero-order valence-corrected chi connectivity index (χ0v) is 13.0. The van der Waals surface area contributed by atoms with Gasteiger partial charge in [0.25, 0.3) is 5.69 Å². The highest BCUT2D eigenvalue weighted by atomic mass is 35.5. The van der Waals surface area contributed by atoms with E-state index in [1.165, 1.54) is 6.07 Å². The maximum absolute atomic E-state index is 10.9. The van der Waals surface area contributed by atoms with Crippen molar-refractivity contribution in [2.45, 2.75) is 25.3 Å². The molecule has 0 spiro atoms. The summed E-state index contributed by atoms with van der Waals surface area (Å²) in [6.45, 7) is 2.00. The minimum atomic E-state index is -0.493. The lowest BCUT2D eigenvalue weighted by atomic mass is 9.82. The van der Waals surface area contributed by atoms with Crippen molar-refractivity contribution < 1.29 is 4.92 Å². The summed E-state index contributed by atoms with van der Waals surface area (Å²) < 4.78 is 0. The molecule has 0 aliphatic heterocycles. The number of fused-ring (bicyclic) bond motifs is 1. The summed E-state index contributed by atoms with van der Waals surface area (Å²) in [4.78, 5) is 10.6. The first-order valence-corrected chi connectivity index (χ1v) is 7.57. The number of hydrogen-bond donors (Lipinski definition) is 1. The Morgan fingerprint density at radius 3 is 2.82 bits per heavy atom. The Morgan fingerprint density at radius 1 is 1.36 bits per heavy atom. The Kier molecular flexibility index (Phi) is 3.67. The predicted molar refractivity (Wildman–Crippen MR) is 87.0 cm³/mol. The van der Waals surface area contributed by atoms with Crippen molar-refractivity contribution >= 4 is 17.3 Å². The minimum Gasteiger partial charge on any atom is -0.321 e. The normalized spacial score (nSPS) is 23.3. The number of non-ortho nitro benzene ring substituents is 1. The molecule has 2 N–H and O–H groups in total. The lowest BCUT2D eigenvalue weighted by Gasteiger charge is -2.28. The van der Waals surface area contributed by atoms with Gasteiger partial charge in [0, 0.05) is 22.7 Å². The molecule has 0 saturated heterocycles. The molecule has 0 amide bonds. The van der Waals surface area contributed by atoms with Crippen LogP contribution in [-0.2, 0) is 18.4 Å². The fourth-order valence-electron chi connectivity index (χ4n) is 3.32. The predicted octanol–water partition coefficient (Wildman–Crippen LogP) is 3.84. The molecule has 22 heavy (non-hydrogen) atoms. The Hall–Kier alpha value is -1.91. The number of nitrogens with zero attached hydrogens (tertiary/aromatic N) is 1. The summed E-state index contributed by atoms with van der Waals surface area (Å²) in [5.74, 6) is 0.197. The number of nitrogens with two attached hydrogens (primary N) is 1. The molecule has 2 aromatic rings. The maximum Gasteiger partial charge on any atom is 0.269 e. The molecule has 2 atom stereocenters. The van der Waals surface area contributed by atoms with Gasteiger partial charge in [0.1, 0.15) is 0 Å². The van der Waals surface area contributed by atoms with Gasteiger partial charge in [0.15, 0.2) is 0 Å². The van der Waals surface area contributed by atoms with Gasteiger partial charge in [0.2, 0.25) is 0 Å². The first kappa shape index (κ1) is 15.0. The number of hydrogen-bond acceptors (Lipinski definition) is 3. The van der Waals surface area contributed by atoms with E-state index in [0.29, 0.717) is 5.02 Å². The highest BCUT2D eigenvalue weighted by molar-refractivity contribution is 6.30. The molecule has 0 fully saturated rings. The van der Waals surface area contributed by atoms with E-state index in [9.17, 15) is 10.1 Å². The summed E-state index contributed by atoms with van der Waals surface area (Å²) in [5, 5.41) is 11.6. The zero-order chi connectivity index (χ0) is 15.9. The first-order chi connectivity index (χ1) is 10.4. The van der Waals surface area contributed by atoms with E-state index in [0.717, 1.165) is 29.5 Å². The highest BCUT2D eigenvalue weighted by Gasteiger charge is 2.40. The fourth-order valence-corrected chi connectivity index (χ4v) is 3.53. The molecular formula is C17H17ClN2O2. The lowest BCUT2D eigenvalue weighted by Crippen LogP contribution is -2.39. The van der Waals surface area contributed by atoms with Crippen LogP contribution in [0.25, 0.3) is 0 Å². The van der Waals surface area contributed by atoms with E-state index < -0.39 is 5.54 Å². The third-order valence-electron chi connectivity index (χ3n) is 4.57. The van der Waals surface area contributed by atoms with Gasteiger partial charge in [-0.15, -0.1) is 0 Å². The van der Waals surface area contributed by atoms with E-state index >= 15 is 0 Å². The molecule has 4 nitrogen and oxygen atoms in total. The molecule has 0 radical (unpaired) electrons. The molecule has 2 aromatic carbocycles. The van der Waals surface area contributed by atoms with Crippen LogP contribution in [0.3, 0.4) is 0 Å². The van der Waals surface area contributed by atoms with Crippen molar-refractivity contribution in [1.29, 1.82) is 0 Å². The smallest absolute Gasteiger partial charge is 0.269 e. The summed E-state index contributed by atoms with van der Waals surface area (Å²) in [6.07, 6.45) is 1.55. The van der Waals surface area contributed by atoms with E-state index in [1.54, 1.807) is 12.1 Å². The highest BCUT2D eigenvalue weighted by Crippen LogP contribution is 2.42. The van der Waals surface area contributed by atoms with E-state index in [2.05, 4.69) is 0 Å². The van der Waals surface area contributed by atoms with Crippen molar-refractivity contribution in [3.63, 3.8) is 0 Å². The molecular weight excluding hydrogens is 300 g/mol. The average molecular weight is 317 g/mol. The number of nitro benzene ring substituents is 1. The van der Waals surface area contributed by atoms with Crippen molar-refractivity contribution in [2.75, 3.05) is 0 Å². The van der Waals surface area contributed by atoms with Crippen LogP contribution in [0.1, 0.15) is 23.6 Å². The topological polar surface area (TPSA) is 69.2 Å². The van der Waals surface area contributed by atoms with Crippen molar-refractivity contribution in [3.05, 3.63) is 74.3 Å². The molecule has 0 aromatic heterocycles. The lowest BCUT2D eigenvalue weighted by molar-refractivity contribution is -0.384. The first-order valence-electron chi connectivity index (χ1n) is 7.19. The Bertz CT molecular complexity index is 743. The number of benzene rings is 2. The minimum absolute atomic E-state index is 0.123. The van der Waals surface area contributed by atoms with Crippen LogP contribution < -0.4 is 5.73 Å². The van der Waals surface area contributed by atoms with Gasteiger partial charge in [-0.1, -0.05) is 29.8 Å². The third-order valence-corrected chi connectivity index (χ3v) is 4.80. The van der Waals surface area contributed by atoms with Crippen LogP contribution in [0.15, 0.2) is 42.5 Å². The van der Waals surface area contributed by atoms with Crippen molar-refractivity contribution in [1.82, 2.24) is 0 Å². The van der Waals surface area contributed by atoms with Gasteiger partial charge in [0.05, 0.1) is 4.92 Å². The standard InChI is InChI=1S/C17H17ClN2O2/c1-17(19)13(7-11-3-2-4-14(18)8-11)9-12-10-15(20(21)22)5-6-16(12)17/h2-6,8,10,13H,7,9,19H2,1H3. The third kappa shape index (κ3) is 2.60. The van der Waals surface area contributed by atoms with E-state index in [1.807, 2.05) is 31.2 Å². The molecule has 2 unspecified atom stereocenters. The van der Waals surface area contributed by atoms with Crippen molar-refractivity contribution in [2.24, 2.45) is 11.7 Å².